The largest absolute Gasteiger partial charge is 0.447 e. The van der Waals surface area contributed by atoms with Crippen LogP contribution in [0.4, 0.5) is 4.79 Å². The highest BCUT2D eigenvalue weighted by Crippen LogP contribution is 2.21. The smallest absolute Gasteiger partial charge is 0.416 e. The molecule has 0 radical (unpaired) electrons. The van der Waals surface area contributed by atoms with Gasteiger partial charge in [-0.2, -0.15) is 0 Å². The minimum Gasteiger partial charge on any atom is -0.447 e. The summed E-state index contributed by atoms with van der Waals surface area (Å²) in [5.41, 5.74) is 2.18. The molecule has 2 aromatic rings. The second-order valence-electron chi connectivity index (χ2n) is 6.22. The third-order valence-corrected chi connectivity index (χ3v) is 4.32. The molecule has 2 amide bonds. The number of rotatable bonds is 5. The molecule has 1 aliphatic heterocycles. The zero-order valence-electron chi connectivity index (χ0n) is 13.7. The van der Waals surface area contributed by atoms with Crippen molar-refractivity contribution in [2.75, 3.05) is 6.61 Å². The van der Waals surface area contributed by atoms with Crippen LogP contribution in [-0.2, 0) is 22.4 Å². The van der Waals surface area contributed by atoms with E-state index in [-0.39, 0.29) is 24.5 Å². The maximum absolute atomic E-state index is 12.8. The van der Waals surface area contributed by atoms with E-state index in [9.17, 15) is 9.59 Å². The highest BCUT2D eigenvalue weighted by Gasteiger charge is 2.39. The Balaban J connectivity index is 1.70. The van der Waals surface area contributed by atoms with Gasteiger partial charge in [-0.25, -0.2) is 9.69 Å². The number of hydrogen-bond donors (Lipinski definition) is 0. The van der Waals surface area contributed by atoms with Crippen molar-refractivity contribution in [3.63, 3.8) is 0 Å². The second-order valence-corrected chi connectivity index (χ2v) is 6.22. The van der Waals surface area contributed by atoms with Gasteiger partial charge in [0.25, 0.3) is 0 Å². The van der Waals surface area contributed by atoms with Crippen LogP contribution in [0, 0.1) is 5.92 Å². The van der Waals surface area contributed by atoms with Crippen molar-refractivity contribution >= 4 is 12.0 Å². The number of carbonyl (C=O) groups is 2. The molecule has 0 spiro atoms. The first kappa shape index (κ1) is 16.2. The molecule has 4 nitrogen and oxygen atoms in total. The van der Waals surface area contributed by atoms with Crippen LogP contribution in [-0.4, -0.2) is 29.5 Å². The van der Waals surface area contributed by atoms with Crippen molar-refractivity contribution < 1.29 is 14.3 Å². The van der Waals surface area contributed by atoms with Crippen LogP contribution in [0.3, 0.4) is 0 Å². The van der Waals surface area contributed by atoms with Crippen molar-refractivity contribution in [1.82, 2.24) is 4.90 Å². The molecule has 0 saturated carbocycles. The van der Waals surface area contributed by atoms with Crippen molar-refractivity contribution in [2.45, 2.75) is 25.8 Å². The summed E-state index contributed by atoms with van der Waals surface area (Å²) in [4.78, 5) is 26.1. The van der Waals surface area contributed by atoms with Crippen LogP contribution in [0.1, 0.15) is 18.1 Å². The summed E-state index contributed by atoms with van der Waals surface area (Å²) in [5.74, 6) is -0.432. The summed E-state index contributed by atoms with van der Waals surface area (Å²) >= 11 is 0. The van der Waals surface area contributed by atoms with E-state index in [2.05, 4.69) is 0 Å². The van der Waals surface area contributed by atoms with E-state index in [0.717, 1.165) is 11.1 Å². The van der Waals surface area contributed by atoms with Gasteiger partial charge in [-0.15, -0.1) is 0 Å². The summed E-state index contributed by atoms with van der Waals surface area (Å²) in [6, 6.07) is 19.5. The third kappa shape index (κ3) is 3.65. The van der Waals surface area contributed by atoms with E-state index in [4.69, 9.17) is 4.74 Å². The fourth-order valence-corrected chi connectivity index (χ4v) is 3.06. The van der Waals surface area contributed by atoms with Crippen LogP contribution in [0.15, 0.2) is 60.7 Å². The Morgan fingerprint density at radius 2 is 1.67 bits per heavy atom. The summed E-state index contributed by atoms with van der Waals surface area (Å²) in [6.45, 7) is 2.12. The number of cyclic esters (lactones) is 1. The lowest BCUT2D eigenvalue weighted by molar-refractivity contribution is -0.132. The molecule has 0 aromatic heterocycles. The molecule has 1 heterocycles. The van der Waals surface area contributed by atoms with E-state index in [0.29, 0.717) is 12.8 Å². The van der Waals surface area contributed by atoms with E-state index in [1.54, 1.807) is 0 Å². The lowest BCUT2D eigenvalue weighted by atomic mass is 9.98. The van der Waals surface area contributed by atoms with E-state index < -0.39 is 6.09 Å². The molecule has 1 aliphatic rings. The van der Waals surface area contributed by atoms with Crippen molar-refractivity contribution in [2.24, 2.45) is 5.92 Å². The molecule has 2 atom stereocenters. The summed E-state index contributed by atoms with van der Waals surface area (Å²) in [6.07, 6.45) is 0.707. The molecule has 1 saturated heterocycles. The van der Waals surface area contributed by atoms with Gasteiger partial charge in [-0.05, 0) is 24.0 Å². The number of nitrogens with zero attached hydrogens (tertiary/aromatic N) is 1. The van der Waals surface area contributed by atoms with Gasteiger partial charge < -0.3 is 4.74 Å². The maximum atomic E-state index is 12.8. The van der Waals surface area contributed by atoms with Gasteiger partial charge >= 0.3 is 6.09 Å². The number of carbonyl (C=O) groups excluding carboxylic acids is 2. The van der Waals surface area contributed by atoms with Gasteiger partial charge in [0.05, 0.1) is 6.04 Å². The second kappa shape index (κ2) is 7.30. The molecular formula is C20H21NO3. The Morgan fingerprint density at radius 3 is 2.29 bits per heavy atom. The first-order valence-electron chi connectivity index (χ1n) is 8.23. The van der Waals surface area contributed by atoms with Crippen LogP contribution in [0.5, 0.6) is 0 Å². The van der Waals surface area contributed by atoms with Crippen molar-refractivity contribution in [3.05, 3.63) is 71.8 Å². The van der Waals surface area contributed by atoms with Gasteiger partial charge in [-0.3, -0.25) is 4.79 Å². The van der Waals surface area contributed by atoms with Crippen LogP contribution in [0.2, 0.25) is 0 Å². The molecule has 124 valence electrons. The molecule has 3 rings (SSSR count). The summed E-state index contributed by atoms with van der Waals surface area (Å²) < 4.78 is 5.14. The molecule has 24 heavy (non-hydrogen) atoms. The molecule has 0 N–H and O–H groups in total. The molecule has 4 heteroatoms. The predicted molar refractivity (Wildman–Crippen MR) is 91.4 cm³/mol. The number of ether oxygens (including phenoxy) is 1. The van der Waals surface area contributed by atoms with Crippen molar-refractivity contribution in [1.29, 1.82) is 0 Å². The van der Waals surface area contributed by atoms with Gasteiger partial charge in [0, 0.05) is 5.92 Å². The third-order valence-electron chi connectivity index (χ3n) is 4.32. The van der Waals surface area contributed by atoms with E-state index in [1.807, 2.05) is 67.6 Å². The van der Waals surface area contributed by atoms with Crippen LogP contribution < -0.4 is 0 Å². The average Bonchev–Trinajstić information content (AvgIpc) is 2.96. The standard InChI is InChI=1S/C20H21NO3/c1-15(12-16-8-4-2-5-9-16)19(22)21-18(14-24-20(21)23)13-17-10-6-3-7-11-17/h2-11,15,18H,12-14H2,1H3/t15?,18-/m0/s1. The molecular weight excluding hydrogens is 302 g/mol. The fraction of sp³-hybridized carbons (Fsp3) is 0.300. The minimum absolute atomic E-state index is 0.165. The topological polar surface area (TPSA) is 46.6 Å². The number of hydrogen-bond acceptors (Lipinski definition) is 3. The molecule has 2 aromatic carbocycles. The van der Waals surface area contributed by atoms with Gasteiger partial charge in [0.15, 0.2) is 0 Å². The zero-order chi connectivity index (χ0) is 16.9. The average molecular weight is 323 g/mol. The van der Waals surface area contributed by atoms with Gasteiger partial charge in [0.1, 0.15) is 6.61 Å². The highest BCUT2D eigenvalue weighted by molar-refractivity contribution is 5.94. The highest BCUT2D eigenvalue weighted by atomic mass is 16.6. The van der Waals surface area contributed by atoms with Crippen LogP contribution >= 0.6 is 0 Å². The Bertz CT molecular complexity index is 699. The quantitative estimate of drug-likeness (QED) is 0.846. The van der Waals surface area contributed by atoms with Crippen LogP contribution in [0.25, 0.3) is 0 Å². The Morgan fingerprint density at radius 1 is 1.08 bits per heavy atom. The maximum Gasteiger partial charge on any atom is 0.416 e. The summed E-state index contributed by atoms with van der Waals surface area (Å²) in [5, 5.41) is 0. The first-order valence-corrected chi connectivity index (χ1v) is 8.23. The normalized spacial score (nSPS) is 18.3. The monoisotopic (exact) mass is 323 g/mol. The van der Waals surface area contributed by atoms with E-state index >= 15 is 0 Å². The van der Waals surface area contributed by atoms with Crippen molar-refractivity contribution in [3.8, 4) is 0 Å². The number of benzene rings is 2. The minimum atomic E-state index is -0.527. The Kier molecular flexibility index (Phi) is 4.94. The SMILES string of the molecule is CC(Cc1ccccc1)C(=O)N1C(=O)OC[C@@H]1Cc1ccccc1. The van der Waals surface area contributed by atoms with E-state index in [1.165, 1.54) is 4.90 Å². The molecule has 0 bridgehead atoms. The van der Waals surface area contributed by atoms with Gasteiger partial charge in [-0.1, -0.05) is 67.6 Å². The molecule has 0 aliphatic carbocycles. The van der Waals surface area contributed by atoms with Gasteiger partial charge in [0.2, 0.25) is 5.91 Å². The lowest BCUT2D eigenvalue weighted by Crippen LogP contribution is -2.43. The summed E-state index contributed by atoms with van der Waals surface area (Å²) in [7, 11) is 0. The number of amides is 2. The number of imide groups is 1. The lowest BCUT2D eigenvalue weighted by Gasteiger charge is -2.23. The molecule has 1 unspecified atom stereocenters. The fourth-order valence-electron chi connectivity index (χ4n) is 3.06. The first-order chi connectivity index (χ1) is 11.6. The Labute approximate surface area is 142 Å². The Hall–Kier alpha value is -2.62. The predicted octanol–water partition coefficient (Wildman–Crippen LogP) is 3.46. The zero-order valence-corrected chi connectivity index (χ0v) is 13.7. The molecule has 1 fully saturated rings.